The molecule has 5 nitrogen and oxygen atoms in total. The van der Waals surface area contributed by atoms with Crippen molar-refractivity contribution in [3.63, 3.8) is 0 Å². The topological polar surface area (TPSA) is 59.0 Å². The zero-order valence-corrected chi connectivity index (χ0v) is 9.85. The highest BCUT2D eigenvalue weighted by atomic mass is 16.5. The molecule has 1 rings (SSSR count). The largest absolute Gasteiger partial charge is 0.469 e. The van der Waals surface area contributed by atoms with E-state index in [0.29, 0.717) is 13.0 Å². The molecule has 0 bridgehead atoms. The maximum Gasteiger partial charge on any atom is 0.308 e. The summed E-state index contributed by atoms with van der Waals surface area (Å²) in [6, 6.07) is 0. The van der Waals surface area contributed by atoms with E-state index in [1.807, 2.05) is 0 Å². The second-order valence-corrected chi connectivity index (χ2v) is 4.00. The zero-order valence-electron chi connectivity index (χ0n) is 9.85. The number of rotatable bonds is 6. The standard InChI is InChI=1S/C11H21NO4/c1-15-11(14)8-10-9-12(5-7-16-10)4-2-3-6-13/h10,13H,2-9H2,1H3. The van der Waals surface area contributed by atoms with E-state index in [4.69, 9.17) is 9.84 Å². The van der Waals surface area contributed by atoms with Gasteiger partial charge in [-0.05, 0) is 19.4 Å². The Balaban J connectivity index is 2.21. The fourth-order valence-electron chi connectivity index (χ4n) is 1.82. The van der Waals surface area contributed by atoms with Gasteiger partial charge in [-0.15, -0.1) is 0 Å². The molecule has 1 aliphatic rings. The van der Waals surface area contributed by atoms with Crippen molar-refractivity contribution in [3.05, 3.63) is 0 Å². The average Bonchev–Trinajstić information content (AvgIpc) is 2.30. The summed E-state index contributed by atoms with van der Waals surface area (Å²) in [5, 5.41) is 8.69. The van der Waals surface area contributed by atoms with Crippen LogP contribution in [0.1, 0.15) is 19.3 Å². The lowest BCUT2D eigenvalue weighted by molar-refractivity contribution is -0.145. The molecule has 0 saturated carbocycles. The van der Waals surface area contributed by atoms with Gasteiger partial charge in [-0.1, -0.05) is 0 Å². The first-order valence-electron chi connectivity index (χ1n) is 5.78. The van der Waals surface area contributed by atoms with Gasteiger partial charge in [0.15, 0.2) is 0 Å². The van der Waals surface area contributed by atoms with Crippen LogP contribution in [0.25, 0.3) is 0 Å². The Bertz CT molecular complexity index is 210. The number of unbranched alkanes of at least 4 members (excludes halogenated alkanes) is 1. The van der Waals surface area contributed by atoms with Crippen molar-refractivity contribution in [1.82, 2.24) is 4.90 Å². The molecular weight excluding hydrogens is 210 g/mol. The van der Waals surface area contributed by atoms with Gasteiger partial charge in [-0.2, -0.15) is 0 Å². The summed E-state index contributed by atoms with van der Waals surface area (Å²) in [5.74, 6) is -0.220. The SMILES string of the molecule is COC(=O)CC1CN(CCCCO)CCO1. The summed E-state index contributed by atoms with van der Waals surface area (Å²) in [6.45, 7) is 3.56. The average molecular weight is 231 g/mol. The Labute approximate surface area is 96.3 Å². The Kier molecular flexibility index (Phi) is 6.37. The maximum atomic E-state index is 11.1. The molecule has 0 spiro atoms. The van der Waals surface area contributed by atoms with Crippen LogP contribution < -0.4 is 0 Å². The van der Waals surface area contributed by atoms with Crippen LogP contribution in [-0.4, -0.2) is 62.0 Å². The monoisotopic (exact) mass is 231 g/mol. The predicted octanol–water partition coefficient (Wildman–Crippen LogP) is 0.0228. The predicted molar refractivity (Wildman–Crippen MR) is 59.1 cm³/mol. The number of esters is 1. The fourth-order valence-corrected chi connectivity index (χ4v) is 1.82. The van der Waals surface area contributed by atoms with Crippen molar-refractivity contribution >= 4 is 5.97 Å². The summed E-state index contributed by atoms with van der Waals surface area (Å²) in [5.41, 5.74) is 0. The van der Waals surface area contributed by atoms with Gasteiger partial charge < -0.3 is 14.6 Å². The van der Waals surface area contributed by atoms with Gasteiger partial charge in [-0.25, -0.2) is 0 Å². The number of ether oxygens (including phenoxy) is 2. The van der Waals surface area contributed by atoms with Gasteiger partial charge in [0.1, 0.15) is 0 Å². The molecule has 1 atom stereocenters. The first kappa shape index (κ1) is 13.4. The number of aliphatic hydroxyl groups excluding tert-OH is 1. The summed E-state index contributed by atoms with van der Waals surface area (Å²) >= 11 is 0. The van der Waals surface area contributed by atoms with E-state index in [-0.39, 0.29) is 18.7 Å². The van der Waals surface area contributed by atoms with Crippen LogP contribution in [-0.2, 0) is 14.3 Å². The lowest BCUT2D eigenvalue weighted by Gasteiger charge is -2.32. The molecule has 0 radical (unpaired) electrons. The molecule has 1 unspecified atom stereocenters. The number of hydrogen-bond acceptors (Lipinski definition) is 5. The highest BCUT2D eigenvalue weighted by Gasteiger charge is 2.22. The Morgan fingerprint density at radius 1 is 1.56 bits per heavy atom. The number of aliphatic hydroxyl groups is 1. The normalized spacial score (nSPS) is 22.0. The van der Waals surface area contributed by atoms with E-state index in [2.05, 4.69) is 9.64 Å². The number of carbonyl (C=O) groups is 1. The third-order valence-electron chi connectivity index (χ3n) is 2.73. The smallest absolute Gasteiger partial charge is 0.308 e. The molecule has 1 N–H and O–H groups in total. The molecule has 0 amide bonds. The molecule has 5 heteroatoms. The Morgan fingerprint density at radius 3 is 3.06 bits per heavy atom. The fraction of sp³-hybridized carbons (Fsp3) is 0.909. The molecular formula is C11H21NO4. The van der Waals surface area contributed by atoms with Crippen molar-refractivity contribution in [2.24, 2.45) is 0 Å². The number of carbonyl (C=O) groups excluding carboxylic acids is 1. The van der Waals surface area contributed by atoms with E-state index in [0.717, 1.165) is 32.5 Å². The van der Waals surface area contributed by atoms with Crippen LogP contribution in [0, 0.1) is 0 Å². The maximum absolute atomic E-state index is 11.1. The molecule has 1 fully saturated rings. The summed E-state index contributed by atoms with van der Waals surface area (Å²) in [7, 11) is 1.39. The van der Waals surface area contributed by atoms with Crippen molar-refractivity contribution in [2.75, 3.05) is 40.0 Å². The lowest BCUT2D eigenvalue weighted by atomic mass is 10.2. The first-order valence-corrected chi connectivity index (χ1v) is 5.78. The summed E-state index contributed by atoms with van der Waals surface area (Å²) in [6.07, 6.45) is 2.10. The molecule has 1 heterocycles. The van der Waals surface area contributed by atoms with Crippen LogP contribution in [0.5, 0.6) is 0 Å². The quantitative estimate of drug-likeness (QED) is 0.516. The highest BCUT2D eigenvalue weighted by Crippen LogP contribution is 2.10. The Hall–Kier alpha value is -0.650. The van der Waals surface area contributed by atoms with Crippen LogP contribution >= 0.6 is 0 Å². The minimum Gasteiger partial charge on any atom is -0.469 e. The third-order valence-corrected chi connectivity index (χ3v) is 2.73. The van der Waals surface area contributed by atoms with Crippen molar-refractivity contribution in [1.29, 1.82) is 0 Å². The van der Waals surface area contributed by atoms with Gasteiger partial charge in [-0.3, -0.25) is 9.69 Å². The Morgan fingerprint density at radius 2 is 2.38 bits per heavy atom. The number of morpholine rings is 1. The lowest BCUT2D eigenvalue weighted by Crippen LogP contribution is -2.43. The minimum absolute atomic E-state index is 0.0460. The molecule has 0 aromatic carbocycles. The van der Waals surface area contributed by atoms with Crippen molar-refractivity contribution in [2.45, 2.75) is 25.4 Å². The minimum atomic E-state index is -0.220. The van der Waals surface area contributed by atoms with Crippen LogP contribution in [0.3, 0.4) is 0 Å². The van der Waals surface area contributed by atoms with E-state index in [9.17, 15) is 4.79 Å². The number of nitrogens with zero attached hydrogens (tertiary/aromatic N) is 1. The molecule has 16 heavy (non-hydrogen) atoms. The second kappa shape index (κ2) is 7.60. The third kappa shape index (κ3) is 4.92. The molecule has 1 saturated heterocycles. The first-order chi connectivity index (χ1) is 7.76. The van der Waals surface area contributed by atoms with E-state index in [1.54, 1.807) is 0 Å². The van der Waals surface area contributed by atoms with Gasteiger partial charge in [0.25, 0.3) is 0 Å². The zero-order chi connectivity index (χ0) is 11.8. The van der Waals surface area contributed by atoms with Crippen LogP contribution in [0.2, 0.25) is 0 Å². The highest BCUT2D eigenvalue weighted by molar-refractivity contribution is 5.69. The van der Waals surface area contributed by atoms with Crippen molar-refractivity contribution in [3.8, 4) is 0 Å². The van der Waals surface area contributed by atoms with Crippen LogP contribution in [0.15, 0.2) is 0 Å². The van der Waals surface area contributed by atoms with E-state index < -0.39 is 0 Å². The second-order valence-electron chi connectivity index (χ2n) is 4.00. The molecule has 0 aromatic rings. The van der Waals surface area contributed by atoms with Gasteiger partial charge in [0.05, 0.1) is 26.2 Å². The van der Waals surface area contributed by atoms with Crippen LogP contribution in [0.4, 0.5) is 0 Å². The van der Waals surface area contributed by atoms with Gasteiger partial charge >= 0.3 is 5.97 Å². The van der Waals surface area contributed by atoms with Crippen molar-refractivity contribution < 1.29 is 19.4 Å². The molecule has 0 aliphatic carbocycles. The molecule has 0 aromatic heterocycles. The number of hydrogen-bond donors (Lipinski definition) is 1. The summed E-state index contributed by atoms with van der Waals surface area (Å²) < 4.78 is 10.1. The van der Waals surface area contributed by atoms with E-state index >= 15 is 0 Å². The molecule has 94 valence electrons. The van der Waals surface area contributed by atoms with Gasteiger partial charge in [0, 0.05) is 19.7 Å². The number of methoxy groups -OCH3 is 1. The van der Waals surface area contributed by atoms with E-state index in [1.165, 1.54) is 7.11 Å². The van der Waals surface area contributed by atoms with Gasteiger partial charge in [0.2, 0.25) is 0 Å². The summed E-state index contributed by atoms with van der Waals surface area (Å²) in [4.78, 5) is 13.4. The molecule has 1 aliphatic heterocycles.